The van der Waals surface area contributed by atoms with E-state index in [4.69, 9.17) is 46.0 Å². The molecule has 1 rings (SSSR count). The molecule has 13 heteroatoms. The van der Waals surface area contributed by atoms with Gasteiger partial charge in [-0.25, -0.2) is 9.97 Å². The Morgan fingerprint density at radius 2 is 1.05 bits per heavy atom. The van der Waals surface area contributed by atoms with Gasteiger partial charge in [-0.1, -0.05) is 0 Å². The zero-order valence-corrected chi connectivity index (χ0v) is 26.6. The summed E-state index contributed by atoms with van der Waals surface area (Å²) in [6.45, 7) is 17.2. The van der Waals surface area contributed by atoms with Crippen molar-refractivity contribution in [2.45, 2.75) is 66.5 Å². The van der Waals surface area contributed by atoms with Crippen molar-refractivity contribution in [1.82, 2.24) is 9.97 Å². The highest BCUT2D eigenvalue weighted by Gasteiger charge is 2.41. The van der Waals surface area contributed by atoms with Gasteiger partial charge in [0.1, 0.15) is 0 Å². The van der Waals surface area contributed by atoms with Crippen LogP contribution < -0.4 is 5.32 Å². The van der Waals surface area contributed by atoms with Gasteiger partial charge in [0.25, 0.3) is 0 Å². The number of anilines is 1. The van der Waals surface area contributed by atoms with Gasteiger partial charge in [0.05, 0.1) is 19.8 Å². The number of hydrogen-bond acceptors (Lipinski definition) is 11. The van der Waals surface area contributed by atoms with E-state index >= 15 is 0 Å². The number of aryl methyl sites for hydroxylation is 2. The Labute approximate surface area is 231 Å². The van der Waals surface area contributed by atoms with Gasteiger partial charge in [-0.15, -0.1) is 0 Å². The first-order chi connectivity index (χ1) is 18.5. The van der Waals surface area contributed by atoms with Crippen LogP contribution in [-0.2, 0) is 48.9 Å². The smallest absolute Gasteiger partial charge is 0.382 e. The molecule has 1 N–H and O–H groups in total. The topological polar surface area (TPSA) is 112 Å². The monoisotopic (exact) mass is 577 g/mol. The van der Waals surface area contributed by atoms with Crippen molar-refractivity contribution in [1.29, 1.82) is 0 Å². The zero-order chi connectivity index (χ0) is 28.1. The fraction of sp³-hybridized carbons (Fsp3) is 0.840. The molecule has 0 spiro atoms. The van der Waals surface area contributed by atoms with Crippen LogP contribution in [0, 0.1) is 0 Å². The Morgan fingerprint density at radius 1 is 0.632 bits per heavy atom. The second kappa shape index (κ2) is 20.8. The minimum Gasteiger partial charge on any atom is -0.382 e. The summed E-state index contributed by atoms with van der Waals surface area (Å²) in [5.74, 6) is 0.556. The quantitative estimate of drug-likeness (QED) is 0.135. The number of rotatable bonds is 25. The molecule has 0 bridgehead atoms. The van der Waals surface area contributed by atoms with Gasteiger partial charge in [-0.3, -0.25) is 0 Å². The predicted molar refractivity (Wildman–Crippen MR) is 152 cm³/mol. The predicted octanol–water partition coefficient (Wildman–Crippen LogP) is 3.73. The highest BCUT2D eigenvalue weighted by molar-refractivity contribution is 6.61. The van der Waals surface area contributed by atoms with Crippen LogP contribution in [0.15, 0.2) is 6.07 Å². The molecule has 0 saturated heterocycles. The molecule has 38 heavy (non-hydrogen) atoms. The Kier molecular flexibility index (Phi) is 19.2. The molecule has 1 aromatic rings. The average molecular weight is 578 g/mol. The van der Waals surface area contributed by atoms with Gasteiger partial charge in [0.2, 0.25) is 5.95 Å². The number of methoxy groups -OCH3 is 1. The average Bonchev–Trinajstić information content (AvgIpc) is 2.89. The van der Waals surface area contributed by atoms with E-state index in [1.54, 1.807) is 7.11 Å². The highest BCUT2D eigenvalue weighted by Crippen LogP contribution is 2.22. The molecule has 0 saturated carbocycles. The summed E-state index contributed by atoms with van der Waals surface area (Å²) >= 11 is 0. The molecule has 0 aliphatic heterocycles. The zero-order valence-electron chi connectivity index (χ0n) is 24.6. The summed E-state index contributed by atoms with van der Waals surface area (Å²) in [7, 11) is -3.95. The van der Waals surface area contributed by atoms with Crippen LogP contribution in [0.2, 0.25) is 12.1 Å². The summed E-state index contributed by atoms with van der Waals surface area (Å²) < 4.78 is 46.8. The molecule has 0 amide bonds. The van der Waals surface area contributed by atoms with E-state index < -0.39 is 17.6 Å². The van der Waals surface area contributed by atoms with Crippen molar-refractivity contribution < 1.29 is 36.0 Å². The number of nitrogens with one attached hydrogen (secondary N) is 1. The lowest BCUT2D eigenvalue weighted by Crippen LogP contribution is -2.46. The first kappa shape index (κ1) is 35.0. The molecule has 0 unspecified atom stereocenters. The van der Waals surface area contributed by atoms with E-state index in [0.29, 0.717) is 96.9 Å². The lowest BCUT2D eigenvalue weighted by Gasteiger charge is -2.28. The second-order valence-electron chi connectivity index (χ2n) is 8.17. The fourth-order valence-corrected chi connectivity index (χ4v) is 9.06. The third-order valence-corrected chi connectivity index (χ3v) is 11.4. The standard InChI is InChI=1S/C25H51N3O8Si2/c1-8-31-37(32-9-2,33-10-3)20-14-23-22-24(15-21-38(34-11-4,35-12-5)36-13-6)28-25(27-23)26-16-17-30-19-18-29-7/h22H,8-21H2,1-7H3,(H,26,27,28). The van der Waals surface area contributed by atoms with E-state index in [1.165, 1.54) is 0 Å². The molecule has 0 radical (unpaired) electrons. The van der Waals surface area contributed by atoms with E-state index in [2.05, 4.69) is 5.32 Å². The van der Waals surface area contributed by atoms with Gasteiger partial charge >= 0.3 is 17.6 Å². The molecule has 11 nitrogen and oxygen atoms in total. The number of aromatic nitrogens is 2. The van der Waals surface area contributed by atoms with Crippen molar-refractivity contribution in [2.24, 2.45) is 0 Å². The fourth-order valence-electron chi connectivity index (χ4n) is 3.93. The van der Waals surface area contributed by atoms with Gasteiger partial charge in [0.15, 0.2) is 0 Å². The van der Waals surface area contributed by atoms with Gasteiger partial charge in [-0.05, 0) is 60.5 Å². The first-order valence-electron chi connectivity index (χ1n) is 14.0. The maximum absolute atomic E-state index is 6.04. The number of hydrogen-bond donors (Lipinski definition) is 1. The summed E-state index contributed by atoms with van der Waals surface area (Å²) in [4.78, 5) is 9.55. The molecule has 0 atom stereocenters. The van der Waals surface area contributed by atoms with Crippen LogP contribution in [0.25, 0.3) is 0 Å². The molecule has 1 heterocycles. The van der Waals surface area contributed by atoms with Crippen molar-refractivity contribution in [2.75, 3.05) is 78.4 Å². The minimum absolute atomic E-state index is 0.524. The van der Waals surface area contributed by atoms with Crippen LogP contribution in [-0.4, -0.2) is 101 Å². The van der Waals surface area contributed by atoms with Crippen LogP contribution >= 0.6 is 0 Å². The van der Waals surface area contributed by atoms with Crippen LogP contribution in [0.3, 0.4) is 0 Å². The summed E-state index contributed by atoms with van der Waals surface area (Å²) in [5.41, 5.74) is 1.79. The van der Waals surface area contributed by atoms with Gasteiger partial charge < -0.3 is 41.3 Å². The molecule has 0 fully saturated rings. The minimum atomic E-state index is -2.80. The third-order valence-electron chi connectivity index (χ3n) is 5.35. The van der Waals surface area contributed by atoms with Crippen molar-refractivity contribution >= 4 is 23.6 Å². The van der Waals surface area contributed by atoms with Crippen LogP contribution in [0.4, 0.5) is 5.95 Å². The number of nitrogens with zero attached hydrogens (tertiary/aromatic N) is 2. The SMILES string of the molecule is CCO[Si](CCc1cc(CC[Si](OCC)(OCC)OCC)nc(NCCOCCOC)n1)(OCC)OCC. The van der Waals surface area contributed by atoms with Crippen molar-refractivity contribution in [3.63, 3.8) is 0 Å². The Hall–Kier alpha value is -1.01. The molecule has 0 aliphatic rings. The van der Waals surface area contributed by atoms with Crippen molar-refractivity contribution in [3.05, 3.63) is 17.5 Å². The van der Waals surface area contributed by atoms with Gasteiger partial charge in [-0.2, -0.15) is 0 Å². The molecular weight excluding hydrogens is 526 g/mol. The van der Waals surface area contributed by atoms with Gasteiger partial charge in [0, 0.05) is 76.8 Å². The van der Waals surface area contributed by atoms with Crippen LogP contribution in [0.1, 0.15) is 52.9 Å². The highest BCUT2D eigenvalue weighted by atomic mass is 28.4. The number of ether oxygens (including phenoxy) is 2. The summed E-state index contributed by atoms with van der Waals surface area (Å²) in [6.07, 6.45) is 1.29. The Morgan fingerprint density at radius 3 is 1.42 bits per heavy atom. The van der Waals surface area contributed by atoms with E-state index in [-0.39, 0.29) is 0 Å². The summed E-state index contributed by atoms with van der Waals surface area (Å²) in [5, 5.41) is 3.29. The van der Waals surface area contributed by atoms with Crippen LogP contribution in [0.5, 0.6) is 0 Å². The largest absolute Gasteiger partial charge is 0.501 e. The normalized spacial score (nSPS) is 12.3. The van der Waals surface area contributed by atoms with Crippen molar-refractivity contribution in [3.8, 4) is 0 Å². The Balaban J connectivity index is 3.10. The van der Waals surface area contributed by atoms with E-state index in [1.807, 2.05) is 47.6 Å². The van der Waals surface area contributed by atoms with E-state index in [0.717, 1.165) is 11.4 Å². The molecular formula is C25H51N3O8Si2. The maximum Gasteiger partial charge on any atom is 0.501 e. The first-order valence-corrected chi connectivity index (χ1v) is 17.8. The molecule has 0 aromatic carbocycles. The lowest BCUT2D eigenvalue weighted by molar-refractivity contribution is 0.0706. The Bertz CT molecular complexity index is 654. The molecule has 0 aliphatic carbocycles. The molecule has 222 valence electrons. The second-order valence-corrected chi connectivity index (χ2v) is 13.6. The lowest BCUT2D eigenvalue weighted by atomic mass is 10.2. The molecule has 1 aromatic heterocycles. The third kappa shape index (κ3) is 13.4. The van der Waals surface area contributed by atoms with E-state index in [9.17, 15) is 0 Å². The summed E-state index contributed by atoms with van der Waals surface area (Å²) in [6, 6.07) is 3.30. The maximum atomic E-state index is 6.04.